The van der Waals surface area contributed by atoms with Crippen molar-refractivity contribution in [1.29, 1.82) is 0 Å². The van der Waals surface area contributed by atoms with Crippen molar-refractivity contribution in [2.45, 2.75) is 19.5 Å². The lowest BCUT2D eigenvalue weighted by atomic mass is 10.1. The average Bonchev–Trinajstić information content (AvgIpc) is 2.61. The molecule has 0 saturated heterocycles. The van der Waals surface area contributed by atoms with E-state index in [2.05, 4.69) is 16.8 Å². The van der Waals surface area contributed by atoms with Crippen molar-refractivity contribution in [3.63, 3.8) is 0 Å². The molecule has 1 aliphatic rings. The molecule has 0 fully saturated rings. The molecular formula is C18H20N2O4. The number of carbonyl (C=O) groups is 1. The molecule has 0 bridgehead atoms. The third-order valence-corrected chi connectivity index (χ3v) is 4.23. The van der Waals surface area contributed by atoms with E-state index in [1.807, 2.05) is 25.2 Å². The van der Waals surface area contributed by atoms with Crippen LogP contribution < -0.4 is 9.47 Å². The lowest BCUT2D eigenvalue weighted by molar-refractivity contribution is 0.0693. The fourth-order valence-corrected chi connectivity index (χ4v) is 2.71. The second-order valence-electron chi connectivity index (χ2n) is 5.80. The summed E-state index contributed by atoms with van der Waals surface area (Å²) in [5, 5.41) is 9.28. The molecule has 6 nitrogen and oxygen atoms in total. The highest BCUT2D eigenvalue weighted by molar-refractivity contribution is 5.88. The fourth-order valence-electron chi connectivity index (χ4n) is 2.71. The maximum atomic E-state index is 11.3. The van der Waals surface area contributed by atoms with Crippen LogP contribution in [0, 0.1) is 0 Å². The quantitative estimate of drug-likeness (QED) is 0.910. The normalized spacial score (nSPS) is 14.5. The van der Waals surface area contributed by atoms with Gasteiger partial charge < -0.3 is 14.6 Å². The Morgan fingerprint density at radius 2 is 2.04 bits per heavy atom. The molecule has 0 radical (unpaired) electrons. The molecule has 1 N–H and O–H groups in total. The van der Waals surface area contributed by atoms with Gasteiger partial charge in [-0.15, -0.1) is 0 Å². The van der Waals surface area contributed by atoms with E-state index in [1.165, 1.54) is 0 Å². The molecular weight excluding hydrogens is 308 g/mol. The summed E-state index contributed by atoms with van der Waals surface area (Å²) in [5.41, 5.74) is 1.87. The summed E-state index contributed by atoms with van der Waals surface area (Å²) in [4.78, 5) is 17.6. The zero-order chi connectivity index (χ0) is 17.1. The zero-order valence-corrected chi connectivity index (χ0v) is 13.7. The maximum absolute atomic E-state index is 11.3. The Labute approximate surface area is 140 Å². The highest BCUT2D eigenvalue weighted by Gasteiger charge is 2.19. The van der Waals surface area contributed by atoms with Crippen LogP contribution in [0.15, 0.2) is 36.5 Å². The summed E-state index contributed by atoms with van der Waals surface area (Å²) in [7, 11) is 1.95. The lowest BCUT2D eigenvalue weighted by Crippen LogP contribution is -2.24. The van der Waals surface area contributed by atoms with E-state index in [0.717, 1.165) is 17.1 Å². The number of hydrogen-bond donors (Lipinski definition) is 1. The SMILES string of the molecule is C[C@@H](c1ccc2c(c1)OCCO2)N(C)Cc1ncccc1C(=O)O. The third kappa shape index (κ3) is 3.33. The van der Waals surface area contributed by atoms with Gasteiger partial charge in [0.2, 0.25) is 0 Å². The van der Waals surface area contributed by atoms with E-state index < -0.39 is 5.97 Å². The summed E-state index contributed by atoms with van der Waals surface area (Å²) in [5.74, 6) is 0.555. The molecule has 2 aromatic rings. The van der Waals surface area contributed by atoms with Crippen molar-refractivity contribution in [3.8, 4) is 11.5 Å². The van der Waals surface area contributed by atoms with E-state index >= 15 is 0 Å². The largest absolute Gasteiger partial charge is 0.486 e. The number of carboxylic acids is 1. The molecule has 1 atom stereocenters. The maximum Gasteiger partial charge on any atom is 0.337 e. The number of carboxylic acid groups (broad SMARTS) is 1. The van der Waals surface area contributed by atoms with E-state index in [1.54, 1.807) is 18.3 Å². The first-order chi connectivity index (χ1) is 11.6. The first-order valence-electron chi connectivity index (χ1n) is 7.83. The molecule has 6 heteroatoms. The minimum absolute atomic E-state index is 0.0736. The zero-order valence-electron chi connectivity index (χ0n) is 13.7. The molecule has 3 rings (SSSR count). The van der Waals surface area contributed by atoms with Crippen LogP contribution in [0.5, 0.6) is 11.5 Å². The van der Waals surface area contributed by atoms with Crippen LogP contribution in [0.3, 0.4) is 0 Å². The number of ether oxygens (including phenoxy) is 2. The van der Waals surface area contributed by atoms with Crippen molar-refractivity contribution in [2.24, 2.45) is 0 Å². The fraction of sp³-hybridized carbons (Fsp3) is 0.333. The Bertz CT molecular complexity index is 748. The minimum Gasteiger partial charge on any atom is -0.486 e. The average molecular weight is 328 g/mol. The molecule has 126 valence electrons. The van der Waals surface area contributed by atoms with E-state index in [9.17, 15) is 9.90 Å². The second-order valence-corrected chi connectivity index (χ2v) is 5.80. The molecule has 1 aromatic heterocycles. The Kier molecular flexibility index (Phi) is 4.66. The summed E-state index contributed by atoms with van der Waals surface area (Å²) >= 11 is 0. The summed E-state index contributed by atoms with van der Waals surface area (Å²) in [6.45, 7) is 3.63. The first-order valence-corrected chi connectivity index (χ1v) is 7.83. The van der Waals surface area contributed by atoms with Crippen molar-refractivity contribution in [3.05, 3.63) is 53.3 Å². The summed E-state index contributed by atoms with van der Waals surface area (Å²) in [6, 6.07) is 9.18. The van der Waals surface area contributed by atoms with Crippen molar-refractivity contribution >= 4 is 5.97 Å². The van der Waals surface area contributed by atoms with Gasteiger partial charge in [0.05, 0.1) is 11.3 Å². The Morgan fingerprint density at radius 3 is 2.79 bits per heavy atom. The van der Waals surface area contributed by atoms with E-state index in [4.69, 9.17) is 9.47 Å². The smallest absolute Gasteiger partial charge is 0.337 e. The van der Waals surface area contributed by atoms with Crippen LogP contribution in [0.25, 0.3) is 0 Å². The predicted octanol–water partition coefficient (Wildman–Crippen LogP) is 2.74. The monoisotopic (exact) mass is 328 g/mol. The number of aromatic nitrogens is 1. The van der Waals surface area contributed by atoms with Gasteiger partial charge in [0.15, 0.2) is 11.5 Å². The predicted molar refractivity (Wildman–Crippen MR) is 88.5 cm³/mol. The summed E-state index contributed by atoms with van der Waals surface area (Å²) in [6.07, 6.45) is 1.62. The standard InChI is InChI=1S/C18H20N2O4/c1-12(13-5-6-16-17(10-13)24-9-8-23-16)20(2)11-15-14(18(21)22)4-3-7-19-15/h3-7,10,12H,8-9,11H2,1-2H3,(H,21,22)/t12-/m0/s1. The topological polar surface area (TPSA) is 71.9 Å². The van der Waals surface area contributed by atoms with Crippen molar-refractivity contribution in [2.75, 3.05) is 20.3 Å². The molecule has 0 aliphatic carbocycles. The Balaban J connectivity index is 1.78. The number of fused-ring (bicyclic) bond motifs is 1. The number of benzene rings is 1. The van der Waals surface area contributed by atoms with E-state index in [0.29, 0.717) is 25.5 Å². The van der Waals surface area contributed by atoms with Gasteiger partial charge in [-0.2, -0.15) is 0 Å². The highest BCUT2D eigenvalue weighted by atomic mass is 16.6. The van der Waals surface area contributed by atoms with Gasteiger partial charge in [-0.1, -0.05) is 6.07 Å². The van der Waals surface area contributed by atoms with Gasteiger partial charge in [-0.25, -0.2) is 4.79 Å². The van der Waals surface area contributed by atoms with Gasteiger partial charge in [-0.3, -0.25) is 9.88 Å². The molecule has 1 aliphatic heterocycles. The number of aromatic carboxylic acids is 1. The Morgan fingerprint density at radius 1 is 1.29 bits per heavy atom. The Hall–Kier alpha value is -2.60. The molecule has 0 saturated carbocycles. The highest BCUT2D eigenvalue weighted by Crippen LogP contribution is 2.34. The molecule has 2 heterocycles. The number of rotatable bonds is 5. The van der Waals surface area contributed by atoms with E-state index in [-0.39, 0.29) is 11.6 Å². The number of nitrogens with zero attached hydrogens (tertiary/aromatic N) is 2. The third-order valence-electron chi connectivity index (χ3n) is 4.23. The molecule has 0 amide bonds. The van der Waals surface area contributed by atoms with Crippen LogP contribution >= 0.6 is 0 Å². The number of hydrogen-bond acceptors (Lipinski definition) is 5. The summed E-state index contributed by atoms with van der Waals surface area (Å²) < 4.78 is 11.2. The lowest BCUT2D eigenvalue weighted by Gasteiger charge is -2.27. The van der Waals surface area contributed by atoms with Crippen LogP contribution in [0.2, 0.25) is 0 Å². The minimum atomic E-state index is -0.960. The van der Waals surface area contributed by atoms with Gasteiger partial charge in [-0.05, 0) is 43.8 Å². The van der Waals surface area contributed by atoms with Crippen molar-refractivity contribution < 1.29 is 19.4 Å². The van der Waals surface area contributed by atoms with Crippen LogP contribution in [0.4, 0.5) is 0 Å². The molecule has 24 heavy (non-hydrogen) atoms. The van der Waals surface area contributed by atoms with Gasteiger partial charge in [0.25, 0.3) is 0 Å². The molecule has 1 aromatic carbocycles. The second kappa shape index (κ2) is 6.88. The van der Waals surface area contributed by atoms with Crippen molar-refractivity contribution in [1.82, 2.24) is 9.88 Å². The van der Waals surface area contributed by atoms with Gasteiger partial charge in [0, 0.05) is 18.8 Å². The van der Waals surface area contributed by atoms with Crippen LogP contribution in [-0.4, -0.2) is 41.2 Å². The molecule has 0 unspecified atom stereocenters. The van der Waals surface area contributed by atoms with Crippen LogP contribution in [-0.2, 0) is 6.54 Å². The van der Waals surface area contributed by atoms with Gasteiger partial charge in [0.1, 0.15) is 13.2 Å². The number of pyridine rings is 1. The van der Waals surface area contributed by atoms with Crippen LogP contribution in [0.1, 0.15) is 34.6 Å². The first kappa shape index (κ1) is 16.3. The van der Waals surface area contributed by atoms with Gasteiger partial charge >= 0.3 is 5.97 Å². The molecule has 0 spiro atoms.